The smallest absolute Gasteiger partial charge is 0.193 e. The average Bonchev–Trinajstić information content (AvgIpc) is 3.09. The quantitative estimate of drug-likeness (QED) is 0.587. The van der Waals surface area contributed by atoms with E-state index in [1.807, 2.05) is 19.1 Å². The van der Waals surface area contributed by atoms with Gasteiger partial charge < -0.3 is 19.7 Å². The first-order chi connectivity index (χ1) is 11.7. The van der Waals surface area contributed by atoms with Crippen molar-refractivity contribution < 1.29 is 9.47 Å². The molecule has 1 atom stereocenters. The Kier molecular flexibility index (Phi) is 7.89. The van der Waals surface area contributed by atoms with Gasteiger partial charge >= 0.3 is 0 Å². The molecule has 5 heteroatoms. The monoisotopic (exact) mass is 333 g/mol. The first-order valence-electron chi connectivity index (χ1n) is 9.05. The van der Waals surface area contributed by atoms with Crippen LogP contribution in [0.5, 0.6) is 5.75 Å². The molecule has 5 nitrogen and oxygen atoms in total. The Morgan fingerprint density at radius 3 is 2.75 bits per heavy atom. The minimum Gasteiger partial charge on any atom is -0.494 e. The maximum atomic E-state index is 5.67. The molecule has 0 aromatic heterocycles. The number of aliphatic imine (C=N–C) groups is 1. The van der Waals surface area contributed by atoms with Crippen molar-refractivity contribution in [2.45, 2.75) is 45.8 Å². The van der Waals surface area contributed by atoms with Gasteiger partial charge in [-0.2, -0.15) is 0 Å². The second-order valence-corrected chi connectivity index (χ2v) is 6.09. The first kappa shape index (κ1) is 18.6. The van der Waals surface area contributed by atoms with Crippen LogP contribution in [0.2, 0.25) is 0 Å². The zero-order valence-corrected chi connectivity index (χ0v) is 15.3. The molecule has 1 fully saturated rings. The van der Waals surface area contributed by atoms with Gasteiger partial charge in [-0.05, 0) is 50.8 Å². The maximum Gasteiger partial charge on any atom is 0.193 e. The van der Waals surface area contributed by atoms with Gasteiger partial charge in [-0.15, -0.1) is 0 Å². The van der Waals surface area contributed by atoms with E-state index in [0.29, 0.717) is 12.7 Å². The van der Waals surface area contributed by atoms with Crippen molar-refractivity contribution in [2.24, 2.45) is 4.99 Å². The number of nitrogens with one attached hydrogen (secondary N) is 1. The Morgan fingerprint density at radius 2 is 2.12 bits per heavy atom. The summed E-state index contributed by atoms with van der Waals surface area (Å²) in [7, 11) is 2.07. The molecule has 1 saturated heterocycles. The molecule has 0 bridgehead atoms. The summed E-state index contributed by atoms with van der Waals surface area (Å²) in [5, 5.41) is 3.37. The average molecular weight is 333 g/mol. The Hall–Kier alpha value is -1.75. The molecule has 24 heavy (non-hydrogen) atoms. The van der Waals surface area contributed by atoms with E-state index < -0.39 is 0 Å². The van der Waals surface area contributed by atoms with E-state index in [4.69, 9.17) is 14.5 Å². The number of ether oxygens (including phenoxy) is 2. The Labute approximate surface area is 146 Å². The summed E-state index contributed by atoms with van der Waals surface area (Å²) in [6, 6.07) is 8.26. The fourth-order valence-corrected chi connectivity index (χ4v) is 2.86. The largest absolute Gasteiger partial charge is 0.494 e. The fourth-order valence-electron chi connectivity index (χ4n) is 2.86. The van der Waals surface area contributed by atoms with E-state index in [1.165, 1.54) is 18.4 Å². The van der Waals surface area contributed by atoms with Crippen LogP contribution >= 0.6 is 0 Å². The highest BCUT2D eigenvalue weighted by molar-refractivity contribution is 5.79. The molecule has 1 aliphatic rings. The summed E-state index contributed by atoms with van der Waals surface area (Å²) in [5.74, 6) is 1.87. The lowest BCUT2D eigenvalue weighted by Gasteiger charge is -2.22. The number of nitrogens with zero attached hydrogens (tertiary/aromatic N) is 2. The number of hydrogen-bond acceptors (Lipinski definition) is 3. The van der Waals surface area contributed by atoms with Gasteiger partial charge in [-0.3, -0.25) is 4.99 Å². The van der Waals surface area contributed by atoms with Gasteiger partial charge in [0, 0.05) is 33.3 Å². The van der Waals surface area contributed by atoms with Gasteiger partial charge in [-0.25, -0.2) is 0 Å². The molecule has 1 heterocycles. The van der Waals surface area contributed by atoms with Crippen molar-refractivity contribution in [1.29, 1.82) is 0 Å². The van der Waals surface area contributed by atoms with Crippen LogP contribution in [0.15, 0.2) is 29.3 Å². The van der Waals surface area contributed by atoms with Crippen molar-refractivity contribution >= 4 is 5.96 Å². The topological polar surface area (TPSA) is 46.1 Å². The molecule has 1 aromatic rings. The van der Waals surface area contributed by atoms with Crippen molar-refractivity contribution in [3.05, 3.63) is 29.8 Å². The third kappa shape index (κ3) is 6.04. The minimum absolute atomic E-state index is 0.396. The van der Waals surface area contributed by atoms with Gasteiger partial charge in [-0.1, -0.05) is 12.1 Å². The lowest BCUT2D eigenvalue weighted by atomic mass is 10.2. The molecular formula is C19H31N3O2. The predicted molar refractivity (Wildman–Crippen MR) is 98.6 cm³/mol. The van der Waals surface area contributed by atoms with E-state index in [1.54, 1.807) is 0 Å². The minimum atomic E-state index is 0.396. The number of guanidine groups is 1. The Bertz CT molecular complexity index is 496. The highest BCUT2D eigenvalue weighted by atomic mass is 16.5. The summed E-state index contributed by atoms with van der Waals surface area (Å²) in [4.78, 5) is 6.91. The molecule has 1 aromatic carbocycles. The van der Waals surface area contributed by atoms with Crippen LogP contribution in [0.25, 0.3) is 0 Å². The van der Waals surface area contributed by atoms with E-state index >= 15 is 0 Å². The zero-order valence-electron chi connectivity index (χ0n) is 15.3. The summed E-state index contributed by atoms with van der Waals surface area (Å²) >= 11 is 0. The van der Waals surface area contributed by atoms with Gasteiger partial charge in [0.1, 0.15) is 5.75 Å². The first-order valence-corrected chi connectivity index (χ1v) is 9.05. The molecule has 1 N–H and O–H groups in total. The molecule has 0 saturated carbocycles. The molecule has 0 aliphatic carbocycles. The van der Waals surface area contributed by atoms with Crippen LogP contribution in [0.1, 0.15) is 38.7 Å². The van der Waals surface area contributed by atoms with Gasteiger partial charge in [0.15, 0.2) is 5.96 Å². The zero-order chi connectivity index (χ0) is 17.2. The van der Waals surface area contributed by atoms with Crippen molar-refractivity contribution in [1.82, 2.24) is 10.2 Å². The molecule has 0 radical (unpaired) electrons. The van der Waals surface area contributed by atoms with Crippen molar-refractivity contribution in [3.8, 4) is 5.75 Å². The van der Waals surface area contributed by atoms with Crippen LogP contribution in [-0.4, -0.2) is 50.3 Å². The Balaban J connectivity index is 1.87. The van der Waals surface area contributed by atoms with Crippen LogP contribution in [0.3, 0.4) is 0 Å². The number of rotatable bonds is 8. The normalized spacial score (nSPS) is 17.8. The maximum absolute atomic E-state index is 5.67. The van der Waals surface area contributed by atoms with E-state index in [2.05, 4.69) is 36.3 Å². The van der Waals surface area contributed by atoms with Gasteiger partial charge in [0.25, 0.3) is 0 Å². The van der Waals surface area contributed by atoms with Gasteiger partial charge in [0.2, 0.25) is 0 Å². The molecule has 1 unspecified atom stereocenters. The van der Waals surface area contributed by atoms with Crippen LogP contribution < -0.4 is 10.1 Å². The summed E-state index contributed by atoms with van der Waals surface area (Å²) in [5.41, 5.74) is 1.24. The number of hydrogen-bond donors (Lipinski definition) is 1. The molecule has 0 spiro atoms. The van der Waals surface area contributed by atoms with Crippen molar-refractivity contribution in [3.63, 3.8) is 0 Å². The Morgan fingerprint density at radius 1 is 1.33 bits per heavy atom. The summed E-state index contributed by atoms with van der Waals surface area (Å²) in [6.07, 6.45) is 3.76. The highest BCUT2D eigenvalue weighted by Crippen LogP contribution is 2.15. The third-order valence-corrected chi connectivity index (χ3v) is 4.09. The third-order valence-electron chi connectivity index (χ3n) is 4.09. The standard InChI is InChI=1S/C19H31N3O2/c1-4-20-19(21-13-12-17-7-6-14-24-17)22(3)15-16-8-10-18(11-9-16)23-5-2/h8-11,17H,4-7,12-15H2,1-3H3,(H,20,21). The molecule has 134 valence electrons. The molecular weight excluding hydrogens is 302 g/mol. The van der Waals surface area contributed by atoms with Gasteiger partial charge in [0.05, 0.1) is 12.7 Å². The van der Waals surface area contributed by atoms with Crippen LogP contribution in [0, 0.1) is 0 Å². The molecule has 1 aliphatic heterocycles. The predicted octanol–water partition coefficient (Wildman–Crippen LogP) is 3.05. The lowest BCUT2D eigenvalue weighted by Crippen LogP contribution is -2.38. The second-order valence-electron chi connectivity index (χ2n) is 6.09. The highest BCUT2D eigenvalue weighted by Gasteiger charge is 2.15. The van der Waals surface area contributed by atoms with E-state index in [0.717, 1.165) is 44.4 Å². The summed E-state index contributed by atoms with van der Waals surface area (Å²) in [6.45, 7) is 8.19. The SMILES string of the molecule is CCNC(=NCCC1CCCO1)N(C)Cc1ccc(OCC)cc1. The lowest BCUT2D eigenvalue weighted by molar-refractivity contribution is 0.106. The van der Waals surface area contributed by atoms with Crippen LogP contribution in [0.4, 0.5) is 0 Å². The second kappa shape index (κ2) is 10.2. The number of benzene rings is 1. The van der Waals surface area contributed by atoms with Crippen LogP contribution in [-0.2, 0) is 11.3 Å². The summed E-state index contributed by atoms with van der Waals surface area (Å²) < 4.78 is 11.2. The van der Waals surface area contributed by atoms with E-state index in [-0.39, 0.29) is 0 Å². The molecule has 2 rings (SSSR count). The fraction of sp³-hybridized carbons (Fsp3) is 0.632. The van der Waals surface area contributed by atoms with E-state index in [9.17, 15) is 0 Å². The van der Waals surface area contributed by atoms with Crippen molar-refractivity contribution in [2.75, 3.05) is 33.4 Å². The molecule has 0 amide bonds.